The molecule has 2 atom stereocenters. The number of aliphatic carboxylic acids is 1. The van der Waals surface area contributed by atoms with Gasteiger partial charge in [0.15, 0.2) is 0 Å². The van der Waals surface area contributed by atoms with E-state index in [1.165, 1.54) is 7.11 Å². The van der Waals surface area contributed by atoms with Crippen molar-refractivity contribution in [1.82, 2.24) is 4.90 Å². The number of hydrogen-bond acceptors (Lipinski definition) is 4. The molecule has 15 heavy (non-hydrogen) atoms. The highest BCUT2D eigenvalue weighted by Gasteiger charge is 2.34. The molecule has 0 aliphatic carbocycles. The first-order valence-electron chi connectivity index (χ1n) is 5.14. The van der Waals surface area contributed by atoms with Crippen LogP contribution in [0, 0.1) is 0 Å². The Morgan fingerprint density at radius 2 is 2.13 bits per heavy atom. The summed E-state index contributed by atoms with van der Waals surface area (Å²) in [6.07, 6.45) is 2.45. The molecule has 0 saturated carbocycles. The van der Waals surface area contributed by atoms with Crippen LogP contribution in [-0.2, 0) is 14.3 Å². The number of carbonyl (C=O) groups is 2. The Morgan fingerprint density at radius 3 is 2.67 bits per heavy atom. The molecule has 2 unspecified atom stereocenters. The molecule has 1 aliphatic rings. The highest BCUT2D eigenvalue weighted by atomic mass is 16.5. The molecule has 0 radical (unpaired) electrons. The van der Waals surface area contributed by atoms with E-state index >= 15 is 0 Å². The van der Waals surface area contributed by atoms with Crippen molar-refractivity contribution in [3.8, 4) is 0 Å². The van der Waals surface area contributed by atoms with E-state index in [-0.39, 0.29) is 5.97 Å². The molecule has 5 heteroatoms. The van der Waals surface area contributed by atoms with Gasteiger partial charge in [0.1, 0.15) is 12.1 Å². The van der Waals surface area contributed by atoms with Crippen LogP contribution in [0.1, 0.15) is 26.2 Å². The lowest BCUT2D eigenvalue weighted by molar-refractivity contribution is -0.153. The fourth-order valence-corrected chi connectivity index (χ4v) is 1.99. The summed E-state index contributed by atoms with van der Waals surface area (Å²) in [6, 6.07) is -1.02. The van der Waals surface area contributed by atoms with Gasteiger partial charge in [0.05, 0.1) is 7.11 Å². The maximum atomic E-state index is 11.3. The standard InChI is InChI=1S/C10H17NO4/c1-7(10(14)15-2)11-6-4-3-5-8(11)9(12)13/h7-8H,3-6H2,1-2H3,(H,12,13). The molecule has 0 spiro atoms. The lowest BCUT2D eigenvalue weighted by Crippen LogP contribution is -2.52. The zero-order valence-corrected chi connectivity index (χ0v) is 9.10. The van der Waals surface area contributed by atoms with Crippen molar-refractivity contribution >= 4 is 11.9 Å². The van der Waals surface area contributed by atoms with Crippen LogP contribution in [0.2, 0.25) is 0 Å². The second-order valence-corrected chi connectivity index (χ2v) is 3.79. The largest absolute Gasteiger partial charge is 0.480 e. The van der Waals surface area contributed by atoms with Gasteiger partial charge in [0.25, 0.3) is 0 Å². The Hall–Kier alpha value is -1.10. The van der Waals surface area contributed by atoms with Crippen LogP contribution in [-0.4, -0.2) is 47.7 Å². The second-order valence-electron chi connectivity index (χ2n) is 3.79. The number of carboxylic acid groups (broad SMARTS) is 1. The van der Waals surface area contributed by atoms with Gasteiger partial charge < -0.3 is 9.84 Å². The van der Waals surface area contributed by atoms with Crippen LogP contribution in [0.5, 0.6) is 0 Å². The van der Waals surface area contributed by atoms with Gasteiger partial charge in [0.2, 0.25) is 0 Å². The minimum absolute atomic E-state index is 0.372. The molecule has 86 valence electrons. The molecule has 0 aromatic heterocycles. The SMILES string of the molecule is COC(=O)C(C)N1CCCCC1C(=O)O. The summed E-state index contributed by atoms with van der Waals surface area (Å²) in [5, 5.41) is 9.02. The molecular formula is C10H17NO4. The first kappa shape index (κ1) is 12.0. The number of likely N-dealkylation sites (tertiary alicyclic amines) is 1. The highest BCUT2D eigenvalue weighted by molar-refractivity contribution is 5.78. The fourth-order valence-electron chi connectivity index (χ4n) is 1.99. The number of piperidine rings is 1. The van der Waals surface area contributed by atoms with E-state index in [2.05, 4.69) is 4.74 Å². The van der Waals surface area contributed by atoms with E-state index in [1.54, 1.807) is 11.8 Å². The number of ether oxygens (including phenoxy) is 1. The van der Waals surface area contributed by atoms with Crippen molar-refractivity contribution in [3.05, 3.63) is 0 Å². The number of methoxy groups -OCH3 is 1. The Balaban J connectivity index is 2.71. The first-order chi connectivity index (χ1) is 7.07. The molecule has 1 aliphatic heterocycles. The van der Waals surface area contributed by atoms with Crippen molar-refractivity contribution in [3.63, 3.8) is 0 Å². The van der Waals surface area contributed by atoms with E-state index in [0.29, 0.717) is 13.0 Å². The minimum atomic E-state index is -0.856. The molecule has 1 saturated heterocycles. The van der Waals surface area contributed by atoms with Crippen LogP contribution in [0.15, 0.2) is 0 Å². The quantitative estimate of drug-likeness (QED) is 0.694. The maximum Gasteiger partial charge on any atom is 0.322 e. The molecule has 0 aromatic carbocycles. The summed E-state index contributed by atoms with van der Waals surface area (Å²) in [5.74, 6) is -1.23. The van der Waals surface area contributed by atoms with E-state index in [0.717, 1.165) is 12.8 Å². The van der Waals surface area contributed by atoms with E-state index in [4.69, 9.17) is 5.11 Å². The molecular weight excluding hydrogens is 198 g/mol. The number of esters is 1. The normalized spacial score (nSPS) is 24.5. The average Bonchev–Trinajstić information content (AvgIpc) is 2.27. The first-order valence-corrected chi connectivity index (χ1v) is 5.14. The summed E-state index contributed by atoms with van der Waals surface area (Å²) < 4.78 is 4.62. The molecule has 0 aromatic rings. The summed E-state index contributed by atoms with van der Waals surface area (Å²) >= 11 is 0. The van der Waals surface area contributed by atoms with E-state index in [9.17, 15) is 9.59 Å². The summed E-state index contributed by atoms with van der Waals surface area (Å²) in [7, 11) is 1.32. The molecule has 1 N–H and O–H groups in total. The lowest BCUT2D eigenvalue weighted by atomic mass is 10.0. The summed E-state index contributed by atoms with van der Waals surface area (Å²) in [5.41, 5.74) is 0. The van der Waals surface area contributed by atoms with Crippen LogP contribution < -0.4 is 0 Å². The third kappa shape index (κ3) is 2.68. The van der Waals surface area contributed by atoms with Crippen LogP contribution >= 0.6 is 0 Å². The number of nitrogens with zero attached hydrogens (tertiary/aromatic N) is 1. The van der Waals surface area contributed by atoms with Crippen molar-refractivity contribution in [1.29, 1.82) is 0 Å². The predicted octanol–water partition coefficient (Wildman–Crippen LogP) is 0.487. The molecule has 1 heterocycles. The van der Waals surface area contributed by atoms with Gasteiger partial charge in [-0.2, -0.15) is 0 Å². The van der Waals surface area contributed by atoms with Gasteiger partial charge in [-0.1, -0.05) is 6.42 Å². The molecule has 5 nitrogen and oxygen atoms in total. The van der Waals surface area contributed by atoms with Gasteiger partial charge in [-0.15, -0.1) is 0 Å². The Labute approximate surface area is 89.0 Å². The smallest absolute Gasteiger partial charge is 0.322 e. The predicted molar refractivity (Wildman–Crippen MR) is 53.5 cm³/mol. The molecule has 1 fully saturated rings. The third-order valence-electron chi connectivity index (χ3n) is 2.87. The minimum Gasteiger partial charge on any atom is -0.480 e. The number of carboxylic acids is 1. The van der Waals surface area contributed by atoms with Gasteiger partial charge >= 0.3 is 11.9 Å². The van der Waals surface area contributed by atoms with Gasteiger partial charge in [-0.3, -0.25) is 14.5 Å². The Kier molecular flexibility index (Phi) is 4.08. The Morgan fingerprint density at radius 1 is 1.47 bits per heavy atom. The highest BCUT2D eigenvalue weighted by Crippen LogP contribution is 2.20. The van der Waals surface area contributed by atoms with Crippen molar-refractivity contribution in [2.24, 2.45) is 0 Å². The van der Waals surface area contributed by atoms with Crippen molar-refractivity contribution < 1.29 is 19.4 Å². The number of hydrogen-bond donors (Lipinski definition) is 1. The van der Waals surface area contributed by atoms with Gasteiger partial charge in [-0.25, -0.2) is 0 Å². The number of carbonyl (C=O) groups excluding carboxylic acids is 1. The van der Waals surface area contributed by atoms with E-state index in [1.807, 2.05) is 0 Å². The summed E-state index contributed by atoms with van der Waals surface area (Å²) in [4.78, 5) is 24.0. The average molecular weight is 215 g/mol. The van der Waals surface area contributed by atoms with Gasteiger partial charge in [0, 0.05) is 0 Å². The number of rotatable bonds is 3. The van der Waals surface area contributed by atoms with Crippen molar-refractivity contribution in [2.45, 2.75) is 38.3 Å². The molecule has 1 rings (SSSR count). The zero-order chi connectivity index (χ0) is 11.4. The third-order valence-corrected chi connectivity index (χ3v) is 2.87. The second kappa shape index (κ2) is 5.11. The maximum absolute atomic E-state index is 11.3. The zero-order valence-electron chi connectivity index (χ0n) is 9.10. The van der Waals surface area contributed by atoms with E-state index < -0.39 is 18.1 Å². The van der Waals surface area contributed by atoms with Crippen LogP contribution in [0.3, 0.4) is 0 Å². The van der Waals surface area contributed by atoms with Gasteiger partial charge in [-0.05, 0) is 26.3 Å². The fraction of sp³-hybridized carbons (Fsp3) is 0.800. The monoisotopic (exact) mass is 215 g/mol. The summed E-state index contributed by atoms with van der Waals surface area (Å²) in [6.45, 7) is 2.33. The topological polar surface area (TPSA) is 66.8 Å². The lowest BCUT2D eigenvalue weighted by Gasteiger charge is -2.35. The van der Waals surface area contributed by atoms with Crippen LogP contribution in [0.25, 0.3) is 0 Å². The van der Waals surface area contributed by atoms with Crippen molar-refractivity contribution in [2.75, 3.05) is 13.7 Å². The molecule has 0 bridgehead atoms. The Bertz CT molecular complexity index is 254. The molecule has 0 amide bonds. The van der Waals surface area contributed by atoms with Crippen LogP contribution in [0.4, 0.5) is 0 Å².